The van der Waals surface area contributed by atoms with Gasteiger partial charge < -0.3 is 14.8 Å². The Balaban J connectivity index is 1.58. The molecule has 0 amide bonds. The lowest BCUT2D eigenvalue weighted by atomic mass is 10.0. The molecule has 6 nitrogen and oxygen atoms in total. The molecule has 2 aromatic heterocycles. The van der Waals surface area contributed by atoms with E-state index in [9.17, 15) is 0 Å². The van der Waals surface area contributed by atoms with Gasteiger partial charge >= 0.3 is 0 Å². The molecule has 0 radical (unpaired) electrons. The second kappa shape index (κ2) is 7.77. The summed E-state index contributed by atoms with van der Waals surface area (Å²) in [6.45, 7) is 3.39. The summed E-state index contributed by atoms with van der Waals surface area (Å²) in [4.78, 5) is 12.9. The summed E-state index contributed by atoms with van der Waals surface area (Å²) in [7, 11) is 0. The van der Waals surface area contributed by atoms with E-state index in [-0.39, 0.29) is 11.9 Å². The largest absolute Gasteiger partial charge is 0.489 e. The van der Waals surface area contributed by atoms with Crippen molar-refractivity contribution < 1.29 is 13.9 Å². The first-order chi connectivity index (χ1) is 14.6. The lowest BCUT2D eigenvalue weighted by Gasteiger charge is -2.32. The number of nitrogens with one attached hydrogen (secondary N) is 1. The number of benzene rings is 2. The van der Waals surface area contributed by atoms with E-state index in [1.165, 1.54) is 6.33 Å². The molecule has 1 aliphatic rings. The van der Waals surface area contributed by atoms with Gasteiger partial charge in [0, 0.05) is 22.0 Å². The maximum absolute atomic E-state index is 15.1. The Kier molecular flexibility index (Phi) is 4.96. The SMILES string of the molecule is C[C@@H](Oc1cc(Br)cc2ncnc(Nc3ccc4ncccc4c3F)c12)C1COC1. The highest BCUT2D eigenvalue weighted by molar-refractivity contribution is 9.10. The summed E-state index contributed by atoms with van der Waals surface area (Å²) in [5, 5.41) is 4.26. The van der Waals surface area contributed by atoms with Gasteiger partial charge in [-0.2, -0.15) is 0 Å². The van der Waals surface area contributed by atoms with Crippen LogP contribution in [0.1, 0.15) is 6.92 Å². The van der Waals surface area contributed by atoms with Crippen LogP contribution in [0.4, 0.5) is 15.9 Å². The maximum Gasteiger partial charge on any atom is 0.156 e. The second-order valence-corrected chi connectivity index (χ2v) is 8.18. The number of hydrogen-bond acceptors (Lipinski definition) is 6. The highest BCUT2D eigenvalue weighted by Gasteiger charge is 2.27. The Morgan fingerprint density at radius 1 is 1.17 bits per heavy atom. The summed E-state index contributed by atoms with van der Waals surface area (Å²) in [5.74, 6) is 1.06. The number of anilines is 2. The van der Waals surface area contributed by atoms with Gasteiger partial charge in [-0.05, 0) is 43.3 Å². The predicted molar refractivity (Wildman–Crippen MR) is 117 cm³/mol. The summed E-state index contributed by atoms with van der Waals surface area (Å²) in [5.41, 5.74) is 1.60. The number of rotatable bonds is 5. The van der Waals surface area contributed by atoms with Gasteiger partial charge in [0.05, 0.1) is 35.3 Å². The van der Waals surface area contributed by atoms with E-state index in [2.05, 4.69) is 36.2 Å². The van der Waals surface area contributed by atoms with Gasteiger partial charge in [-0.15, -0.1) is 0 Å². The van der Waals surface area contributed by atoms with E-state index in [4.69, 9.17) is 9.47 Å². The zero-order chi connectivity index (χ0) is 20.7. The van der Waals surface area contributed by atoms with Gasteiger partial charge in [0.2, 0.25) is 0 Å². The smallest absolute Gasteiger partial charge is 0.156 e. The Morgan fingerprint density at radius 2 is 2.03 bits per heavy atom. The molecule has 5 rings (SSSR count). The zero-order valence-electron chi connectivity index (χ0n) is 16.1. The van der Waals surface area contributed by atoms with E-state index in [1.807, 2.05) is 19.1 Å². The van der Waals surface area contributed by atoms with Crippen LogP contribution in [0, 0.1) is 11.7 Å². The van der Waals surface area contributed by atoms with Crippen molar-refractivity contribution >= 4 is 49.2 Å². The summed E-state index contributed by atoms with van der Waals surface area (Å²) in [6.07, 6.45) is 3.06. The topological polar surface area (TPSA) is 69.2 Å². The summed E-state index contributed by atoms with van der Waals surface area (Å²) >= 11 is 3.52. The van der Waals surface area contributed by atoms with Gasteiger partial charge in [-0.3, -0.25) is 4.98 Å². The van der Waals surface area contributed by atoms with Crippen molar-refractivity contribution in [2.45, 2.75) is 13.0 Å². The van der Waals surface area contributed by atoms with E-state index >= 15 is 4.39 Å². The van der Waals surface area contributed by atoms with Crippen molar-refractivity contribution in [3.05, 3.63) is 59.2 Å². The van der Waals surface area contributed by atoms with Crippen LogP contribution in [0.5, 0.6) is 5.75 Å². The first-order valence-corrected chi connectivity index (χ1v) is 10.4. The molecule has 0 saturated carbocycles. The minimum atomic E-state index is -0.382. The molecule has 2 aromatic carbocycles. The maximum atomic E-state index is 15.1. The van der Waals surface area contributed by atoms with Crippen molar-refractivity contribution in [3.8, 4) is 5.75 Å². The van der Waals surface area contributed by atoms with Crippen LogP contribution in [-0.4, -0.2) is 34.3 Å². The normalized spacial score (nSPS) is 15.2. The number of ether oxygens (including phenoxy) is 2. The Morgan fingerprint density at radius 3 is 2.83 bits per heavy atom. The van der Waals surface area contributed by atoms with Crippen molar-refractivity contribution in [1.82, 2.24) is 15.0 Å². The van der Waals surface area contributed by atoms with Crippen LogP contribution < -0.4 is 10.1 Å². The number of fused-ring (bicyclic) bond motifs is 2. The van der Waals surface area contributed by atoms with Crippen LogP contribution in [0.2, 0.25) is 0 Å². The molecule has 1 saturated heterocycles. The van der Waals surface area contributed by atoms with E-state index < -0.39 is 0 Å². The number of nitrogens with zero attached hydrogens (tertiary/aromatic N) is 3. The molecule has 152 valence electrons. The van der Waals surface area contributed by atoms with E-state index in [0.717, 1.165) is 4.47 Å². The molecule has 1 fully saturated rings. The highest BCUT2D eigenvalue weighted by Crippen LogP contribution is 2.37. The van der Waals surface area contributed by atoms with Gasteiger partial charge in [-0.1, -0.05) is 15.9 Å². The minimum Gasteiger partial charge on any atom is -0.489 e. The fraction of sp³-hybridized carbons (Fsp3) is 0.227. The Bertz CT molecular complexity index is 1250. The highest BCUT2D eigenvalue weighted by atomic mass is 79.9. The quantitative estimate of drug-likeness (QED) is 0.432. The van der Waals surface area contributed by atoms with Crippen LogP contribution in [0.3, 0.4) is 0 Å². The van der Waals surface area contributed by atoms with E-state index in [0.29, 0.717) is 58.2 Å². The number of aromatic nitrogens is 3. The monoisotopic (exact) mass is 468 g/mol. The predicted octanol–water partition coefficient (Wildman–Crippen LogP) is 5.24. The summed E-state index contributed by atoms with van der Waals surface area (Å²) in [6, 6.07) is 10.6. The first kappa shape index (κ1) is 19.1. The molecule has 30 heavy (non-hydrogen) atoms. The fourth-order valence-electron chi connectivity index (χ4n) is 3.47. The summed E-state index contributed by atoms with van der Waals surface area (Å²) < 4.78 is 27.5. The average Bonchev–Trinajstić information content (AvgIpc) is 2.68. The molecule has 4 aromatic rings. The van der Waals surface area contributed by atoms with Gasteiger partial charge in [0.1, 0.15) is 24.0 Å². The molecular formula is C22H18BrFN4O2. The van der Waals surface area contributed by atoms with Crippen LogP contribution in [-0.2, 0) is 4.74 Å². The van der Waals surface area contributed by atoms with Crippen LogP contribution in [0.15, 0.2) is 53.4 Å². The third kappa shape index (κ3) is 3.46. The van der Waals surface area contributed by atoms with Gasteiger partial charge in [0.15, 0.2) is 5.82 Å². The second-order valence-electron chi connectivity index (χ2n) is 7.26. The zero-order valence-corrected chi connectivity index (χ0v) is 17.7. The van der Waals surface area contributed by atoms with Crippen LogP contribution >= 0.6 is 15.9 Å². The number of hydrogen-bond donors (Lipinski definition) is 1. The fourth-order valence-corrected chi connectivity index (χ4v) is 3.90. The number of halogens is 2. The third-order valence-electron chi connectivity index (χ3n) is 5.28. The molecule has 1 aliphatic heterocycles. The average molecular weight is 469 g/mol. The molecule has 0 aliphatic carbocycles. The van der Waals surface area contributed by atoms with Gasteiger partial charge in [-0.25, -0.2) is 14.4 Å². The lowest BCUT2D eigenvalue weighted by molar-refractivity contribution is -0.0773. The molecule has 8 heteroatoms. The van der Waals surface area contributed by atoms with Crippen molar-refractivity contribution in [2.24, 2.45) is 5.92 Å². The third-order valence-corrected chi connectivity index (χ3v) is 5.74. The Hall–Kier alpha value is -2.84. The molecule has 1 atom stereocenters. The lowest BCUT2D eigenvalue weighted by Crippen LogP contribution is -2.39. The van der Waals surface area contributed by atoms with Crippen LogP contribution in [0.25, 0.3) is 21.8 Å². The molecule has 0 spiro atoms. The molecule has 1 N–H and O–H groups in total. The molecule has 0 unspecified atom stereocenters. The Labute approximate surface area is 180 Å². The van der Waals surface area contributed by atoms with Gasteiger partial charge in [0.25, 0.3) is 0 Å². The van der Waals surface area contributed by atoms with Crippen molar-refractivity contribution in [2.75, 3.05) is 18.5 Å². The standard InChI is InChI=1S/C22H18BrFN4O2/c1-12(13-9-29-10-13)30-19-8-14(23)7-18-20(19)22(27-11-26-18)28-17-5-4-16-15(21(17)24)3-2-6-25-16/h2-8,11-13H,9-10H2,1H3,(H,26,27,28)/t12-/m1/s1. The number of pyridine rings is 1. The first-order valence-electron chi connectivity index (χ1n) is 9.59. The molecular weight excluding hydrogens is 451 g/mol. The van der Waals surface area contributed by atoms with Crippen molar-refractivity contribution in [1.29, 1.82) is 0 Å². The minimum absolute atomic E-state index is 0.0345. The molecule has 0 bridgehead atoms. The van der Waals surface area contributed by atoms with Crippen molar-refractivity contribution in [3.63, 3.8) is 0 Å². The molecule has 3 heterocycles. The van der Waals surface area contributed by atoms with E-state index in [1.54, 1.807) is 30.5 Å².